The third-order valence-electron chi connectivity index (χ3n) is 1.44. The van der Waals surface area contributed by atoms with Crippen molar-refractivity contribution in [2.75, 3.05) is 13.2 Å². The Balaban J connectivity index is 2.44. The van der Waals surface area contributed by atoms with E-state index in [9.17, 15) is 4.57 Å². The van der Waals surface area contributed by atoms with E-state index in [-0.39, 0.29) is 6.10 Å². The molecule has 0 amide bonds. The predicted molar refractivity (Wildman–Crippen MR) is 40.3 cm³/mol. The Bertz CT molecular complexity index is 170. The summed E-state index contributed by atoms with van der Waals surface area (Å²) in [5.74, 6) is 0. The molecule has 66 valence electrons. The van der Waals surface area contributed by atoms with Crippen molar-refractivity contribution in [2.45, 2.75) is 26.4 Å². The number of phosphoric acid groups is 1. The number of phosphoric ester groups is 1. The molecule has 1 rings (SSSR count). The van der Waals surface area contributed by atoms with Crippen molar-refractivity contribution >= 4 is 7.82 Å². The Kier molecular flexibility index (Phi) is 3.07. The van der Waals surface area contributed by atoms with E-state index in [4.69, 9.17) is 13.6 Å². The molecule has 0 aromatic heterocycles. The highest BCUT2D eigenvalue weighted by Gasteiger charge is 2.37. The highest BCUT2D eigenvalue weighted by atomic mass is 31.2. The molecular formula is C6H13O4P. The maximum absolute atomic E-state index is 11.3. The van der Waals surface area contributed by atoms with Crippen molar-refractivity contribution in [3.8, 4) is 0 Å². The second-order valence-corrected chi connectivity index (χ2v) is 3.92. The molecule has 0 spiro atoms. The molecule has 1 heterocycles. The van der Waals surface area contributed by atoms with Crippen LogP contribution in [0.5, 0.6) is 0 Å². The van der Waals surface area contributed by atoms with E-state index < -0.39 is 7.82 Å². The summed E-state index contributed by atoms with van der Waals surface area (Å²) < 4.78 is 26.1. The minimum Gasteiger partial charge on any atom is -0.287 e. The third-order valence-corrected chi connectivity index (χ3v) is 3.04. The van der Waals surface area contributed by atoms with E-state index in [1.54, 1.807) is 6.92 Å². The summed E-state index contributed by atoms with van der Waals surface area (Å²) in [4.78, 5) is 0. The maximum Gasteiger partial charge on any atom is 0.475 e. The van der Waals surface area contributed by atoms with Crippen LogP contribution in [0.25, 0.3) is 0 Å². The monoisotopic (exact) mass is 180 g/mol. The van der Waals surface area contributed by atoms with Crippen LogP contribution in [0.15, 0.2) is 0 Å². The first-order valence-corrected chi connectivity index (χ1v) is 5.23. The summed E-state index contributed by atoms with van der Waals surface area (Å²) >= 11 is 0. The van der Waals surface area contributed by atoms with Crippen molar-refractivity contribution in [1.82, 2.24) is 0 Å². The minimum absolute atomic E-state index is 0.0626. The predicted octanol–water partition coefficient (Wildman–Crippen LogP) is 1.96. The summed E-state index contributed by atoms with van der Waals surface area (Å²) in [6.45, 7) is 4.45. The SMILES string of the molecule is CCOP1(=O)OCC(CC)O1. The minimum atomic E-state index is -3.14. The van der Waals surface area contributed by atoms with Gasteiger partial charge in [0.25, 0.3) is 0 Å². The van der Waals surface area contributed by atoms with Gasteiger partial charge >= 0.3 is 7.82 Å². The number of hydrogen-bond donors (Lipinski definition) is 0. The quantitative estimate of drug-likeness (QED) is 0.622. The van der Waals surface area contributed by atoms with Gasteiger partial charge in [-0.25, -0.2) is 4.57 Å². The Morgan fingerprint density at radius 2 is 2.36 bits per heavy atom. The van der Waals surface area contributed by atoms with Crippen molar-refractivity contribution in [1.29, 1.82) is 0 Å². The molecular weight excluding hydrogens is 167 g/mol. The van der Waals surface area contributed by atoms with Gasteiger partial charge in [0.15, 0.2) is 0 Å². The Hall–Kier alpha value is 0.110. The van der Waals surface area contributed by atoms with E-state index in [1.807, 2.05) is 6.92 Å². The maximum atomic E-state index is 11.3. The van der Waals surface area contributed by atoms with Crippen LogP contribution in [0, 0.1) is 0 Å². The van der Waals surface area contributed by atoms with Gasteiger partial charge in [0.1, 0.15) is 0 Å². The molecule has 4 nitrogen and oxygen atoms in total. The molecule has 5 heteroatoms. The molecule has 1 aliphatic heterocycles. The normalized spacial score (nSPS) is 37.8. The van der Waals surface area contributed by atoms with Crippen molar-refractivity contribution < 1.29 is 18.1 Å². The zero-order chi connectivity index (χ0) is 8.32. The smallest absolute Gasteiger partial charge is 0.287 e. The molecule has 2 atom stereocenters. The van der Waals surface area contributed by atoms with E-state index >= 15 is 0 Å². The average Bonchev–Trinajstić information content (AvgIpc) is 2.33. The van der Waals surface area contributed by atoms with Crippen LogP contribution < -0.4 is 0 Å². The fourth-order valence-electron chi connectivity index (χ4n) is 0.836. The summed E-state index contributed by atoms with van der Waals surface area (Å²) in [6, 6.07) is 0. The summed E-state index contributed by atoms with van der Waals surface area (Å²) in [7, 11) is -3.14. The molecule has 1 saturated heterocycles. The van der Waals surface area contributed by atoms with E-state index in [2.05, 4.69) is 0 Å². The summed E-state index contributed by atoms with van der Waals surface area (Å²) in [6.07, 6.45) is 0.740. The highest BCUT2D eigenvalue weighted by molar-refractivity contribution is 7.48. The fraction of sp³-hybridized carbons (Fsp3) is 1.00. The van der Waals surface area contributed by atoms with E-state index in [1.165, 1.54) is 0 Å². The summed E-state index contributed by atoms with van der Waals surface area (Å²) in [5, 5.41) is 0. The zero-order valence-electron chi connectivity index (χ0n) is 6.78. The first-order chi connectivity index (χ1) is 5.20. The van der Waals surface area contributed by atoms with Crippen LogP contribution >= 0.6 is 7.82 Å². The lowest BCUT2D eigenvalue weighted by Gasteiger charge is -2.08. The van der Waals surface area contributed by atoms with Crippen LogP contribution in [-0.2, 0) is 18.1 Å². The van der Waals surface area contributed by atoms with E-state index in [0.29, 0.717) is 13.2 Å². The molecule has 0 N–H and O–H groups in total. The molecule has 1 aliphatic rings. The lowest BCUT2D eigenvalue weighted by molar-refractivity contribution is 0.177. The molecule has 11 heavy (non-hydrogen) atoms. The van der Waals surface area contributed by atoms with Crippen LogP contribution in [-0.4, -0.2) is 19.3 Å². The van der Waals surface area contributed by atoms with E-state index in [0.717, 1.165) is 6.42 Å². The average molecular weight is 180 g/mol. The fourth-order valence-corrected chi connectivity index (χ4v) is 2.27. The van der Waals surface area contributed by atoms with Gasteiger partial charge in [-0.15, -0.1) is 0 Å². The van der Waals surface area contributed by atoms with Crippen molar-refractivity contribution in [3.05, 3.63) is 0 Å². The van der Waals surface area contributed by atoms with Crippen molar-refractivity contribution in [3.63, 3.8) is 0 Å². The van der Waals surface area contributed by atoms with Gasteiger partial charge in [0.05, 0.1) is 19.3 Å². The van der Waals surface area contributed by atoms with Gasteiger partial charge in [-0.3, -0.25) is 13.6 Å². The van der Waals surface area contributed by atoms with Gasteiger partial charge in [0, 0.05) is 0 Å². The van der Waals surface area contributed by atoms with Gasteiger partial charge < -0.3 is 0 Å². The lowest BCUT2D eigenvalue weighted by Crippen LogP contribution is -2.05. The molecule has 0 aromatic carbocycles. The third kappa shape index (κ3) is 2.27. The summed E-state index contributed by atoms with van der Waals surface area (Å²) in [5.41, 5.74) is 0. The topological polar surface area (TPSA) is 44.8 Å². The zero-order valence-corrected chi connectivity index (χ0v) is 7.67. The molecule has 0 aromatic rings. The molecule has 0 bridgehead atoms. The van der Waals surface area contributed by atoms with Crippen molar-refractivity contribution in [2.24, 2.45) is 0 Å². The molecule has 1 fully saturated rings. The highest BCUT2D eigenvalue weighted by Crippen LogP contribution is 2.55. The lowest BCUT2D eigenvalue weighted by atomic mass is 10.3. The molecule has 0 aliphatic carbocycles. The number of hydrogen-bond acceptors (Lipinski definition) is 4. The molecule has 0 radical (unpaired) electrons. The molecule has 0 saturated carbocycles. The Labute approximate surface area is 66.4 Å². The van der Waals surface area contributed by atoms with Crippen LogP contribution in [0.4, 0.5) is 0 Å². The second kappa shape index (κ2) is 3.68. The largest absolute Gasteiger partial charge is 0.475 e. The van der Waals surface area contributed by atoms with Gasteiger partial charge in [-0.05, 0) is 13.3 Å². The van der Waals surface area contributed by atoms with Gasteiger partial charge in [-0.2, -0.15) is 0 Å². The van der Waals surface area contributed by atoms with Gasteiger partial charge in [0.2, 0.25) is 0 Å². The van der Waals surface area contributed by atoms with Crippen LogP contribution in [0.3, 0.4) is 0 Å². The first kappa shape index (κ1) is 9.20. The standard InChI is InChI=1S/C6H13O4P/c1-3-6-5-9-11(7,10-6)8-4-2/h6H,3-5H2,1-2H3. The first-order valence-electron chi connectivity index (χ1n) is 3.77. The number of rotatable bonds is 3. The Morgan fingerprint density at radius 3 is 2.82 bits per heavy atom. The van der Waals surface area contributed by atoms with Gasteiger partial charge in [-0.1, -0.05) is 6.92 Å². The molecule has 2 unspecified atom stereocenters. The Morgan fingerprint density at radius 1 is 1.64 bits per heavy atom. The van der Waals surface area contributed by atoms with Crippen LogP contribution in [0.1, 0.15) is 20.3 Å². The van der Waals surface area contributed by atoms with Crippen LogP contribution in [0.2, 0.25) is 0 Å². The second-order valence-electron chi connectivity index (χ2n) is 2.30.